The van der Waals surface area contributed by atoms with E-state index in [0.29, 0.717) is 64.1 Å². The van der Waals surface area contributed by atoms with Crippen LogP contribution >= 0.6 is 11.7 Å². The largest absolute Gasteiger partial charge is 0.496 e. The van der Waals surface area contributed by atoms with Crippen LogP contribution < -0.4 is 23.7 Å². The number of Topliss-reactive ketones (excluding diaryl/α,β-unsaturated/α-hetero) is 1. The number of rotatable bonds is 9. The minimum Gasteiger partial charge on any atom is -0.496 e. The van der Waals surface area contributed by atoms with Gasteiger partial charge in [0.1, 0.15) is 30.0 Å². The Balaban J connectivity index is 1.71. The number of nitrogens with zero attached hydrogens (tertiary/aromatic N) is 2. The molecular weight excluding hydrogens is 524 g/mol. The summed E-state index contributed by atoms with van der Waals surface area (Å²) in [6, 6.07) is 13.0. The van der Waals surface area contributed by atoms with E-state index in [9.17, 15) is 14.7 Å². The zero-order valence-corrected chi connectivity index (χ0v) is 22.2. The maximum atomic E-state index is 14.1. The number of carbonyl (C=O) groups is 2. The topological polar surface area (TPSA) is 126 Å². The van der Waals surface area contributed by atoms with Gasteiger partial charge in [-0.25, -0.2) is 4.79 Å². The minimum absolute atomic E-state index is 0.0345. The molecule has 4 aromatic rings. The molecule has 39 heavy (non-hydrogen) atoms. The molecule has 0 saturated heterocycles. The van der Waals surface area contributed by atoms with Crippen molar-refractivity contribution in [1.29, 1.82) is 0 Å². The van der Waals surface area contributed by atoms with E-state index in [0.717, 1.165) is 11.7 Å². The van der Waals surface area contributed by atoms with E-state index in [-0.39, 0.29) is 23.1 Å². The Morgan fingerprint density at radius 3 is 2.21 bits per heavy atom. The van der Waals surface area contributed by atoms with Crippen LogP contribution in [0.5, 0.6) is 28.7 Å². The lowest BCUT2D eigenvalue weighted by Crippen LogP contribution is -2.17. The van der Waals surface area contributed by atoms with Crippen molar-refractivity contribution < 1.29 is 38.4 Å². The number of hydrogen-bond donors (Lipinski definition) is 1. The number of allylic oxidation sites excluding steroid dienone is 1. The van der Waals surface area contributed by atoms with Gasteiger partial charge in [-0.3, -0.25) is 4.79 Å². The Morgan fingerprint density at radius 2 is 1.49 bits per heavy atom. The Morgan fingerprint density at radius 1 is 0.821 bits per heavy atom. The fourth-order valence-electron chi connectivity index (χ4n) is 4.43. The molecule has 0 radical (unpaired) electrons. The summed E-state index contributed by atoms with van der Waals surface area (Å²) in [6.07, 6.45) is -0.0776. The molecule has 11 heteroatoms. The zero-order chi connectivity index (χ0) is 27.5. The second kappa shape index (κ2) is 11.0. The highest BCUT2D eigenvalue weighted by molar-refractivity contribution is 7.00. The molecule has 0 unspecified atom stereocenters. The van der Waals surface area contributed by atoms with Crippen LogP contribution in [0.2, 0.25) is 0 Å². The fraction of sp³-hybridized carbons (Fsp3) is 0.214. The van der Waals surface area contributed by atoms with Gasteiger partial charge in [0.25, 0.3) is 0 Å². The van der Waals surface area contributed by atoms with E-state index >= 15 is 0 Å². The summed E-state index contributed by atoms with van der Waals surface area (Å²) in [5, 5.41) is 10.4. The number of benzene rings is 3. The third-order valence-corrected chi connectivity index (χ3v) is 6.85. The zero-order valence-electron chi connectivity index (χ0n) is 21.3. The van der Waals surface area contributed by atoms with E-state index in [1.807, 2.05) is 0 Å². The summed E-state index contributed by atoms with van der Waals surface area (Å²) in [5.74, 6) is 0.430. The van der Waals surface area contributed by atoms with Crippen molar-refractivity contribution in [2.45, 2.75) is 6.42 Å². The number of carboxylic acid groups (broad SMARTS) is 1. The van der Waals surface area contributed by atoms with Crippen molar-refractivity contribution in [3.8, 4) is 28.7 Å². The lowest BCUT2D eigenvalue weighted by Gasteiger charge is -2.20. The molecule has 0 saturated carbocycles. The van der Waals surface area contributed by atoms with E-state index in [1.54, 1.807) is 48.5 Å². The quantitative estimate of drug-likeness (QED) is 0.237. The van der Waals surface area contributed by atoms with Crippen molar-refractivity contribution in [2.75, 3.05) is 34.5 Å². The summed E-state index contributed by atoms with van der Waals surface area (Å²) < 4.78 is 36.1. The third kappa shape index (κ3) is 5.08. The molecule has 0 bridgehead atoms. The maximum Gasteiger partial charge on any atom is 0.336 e. The molecule has 0 spiro atoms. The van der Waals surface area contributed by atoms with Gasteiger partial charge in [0.05, 0.1) is 38.6 Å². The predicted molar refractivity (Wildman–Crippen MR) is 144 cm³/mol. The molecule has 1 N–H and O–H groups in total. The molecule has 0 amide bonds. The molecular formula is C28H24N2O8S. The van der Waals surface area contributed by atoms with Gasteiger partial charge in [0.15, 0.2) is 28.8 Å². The summed E-state index contributed by atoms with van der Waals surface area (Å²) in [4.78, 5) is 26.9. The monoisotopic (exact) mass is 548 g/mol. The lowest BCUT2D eigenvalue weighted by atomic mass is 9.88. The highest BCUT2D eigenvalue weighted by Crippen LogP contribution is 2.38. The molecule has 0 atom stereocenters. The Bertz CT molecular complexity index is 1610. The smallest absolute Gasteiger partial charge is 0.336 e. The van der Waals surface area contributed by atoms with Crippen LogP contribution in [0.1, 0.15) is 21.5 Å². The van der Waals surface area contributed by atoms with Gasteiger partial charge in [0, 0.05) is 29.2 Å². The van der Waals surface area contributed by atoms with E-state index in [1.165, 1.54) is 21.3 Å². The first kappa shape index (κ1) is 26.0. The fourth-order valence-corrected chi connectivity index (χ4v) is 4.94. The molecule has 3 aromatic carbocycles. The highest BCUT2D eigenvalue weighted by atomic mass is 32.1. The van der Waals surface area contributed by atoms with Gasteiger partial charge >= 0.3 is 5.97 Å². The molecule has 0 aliphatic carbocycles. The predicted octanol–water partition coefficient (Wildman–Crippen LogP) is 4.45. The molecule has 1 aromatic heterocycles. The molecule has 5 rings (SSSR count). The average Bonchev–Trinajstić information content (AvgIpc) is 3.43. The van der Waals surface area contributed by atoms with E-state index in [2.05, 4.69) is 8.75 Å². The molecule has 1 aliphatic heterocycles. The van der Waals surface area contributed by atoms with Crippen LogP contribution in [0.15, 0.2) is 54.1 Å². The number of carbonyl (C=O) groups excluding carboxylic acids is 1. The Labute approximate surface area is 227 Å². The first-order valence-electron chi connectivity index (χ1n) is 11.9. The van der Waals surface area contributed by atoms with Gasteiger partial charge < -0.3 is 28.8 Å². The van der Waals surface area contributed by atoms with Gasteiger partial charge in [-0.15, -0.1) is 0 Å². The summed E-state index contributed by atoms with van der Waals surface area (Å²) in [5.41, 5.74) is 2.15. The second-order valence-corrected chi connectivity index (χ2v) is 9.04. The van der Waals surface area contributed by atoms with Gasteiger partial charge in [0.2, 0.25) is 0 Å². The standard InChI is InChI=1S/C28H24N2O8S/c1-34-22-14-24(36-3)23(35-2)13-17(22)10-18(27(31)16-5-7-21-25(12-16)38-9-8-37-21)26(28(32)33)15-4-6-19-20(11-15)30-39-29-19/h4-7,11-14H,8-10H2,1-3H3,(H,32,33)/b26-18+. The SMILES string of the molecule is COc1cc(OC)c(OC)cc1C/C(C(=O)c1ccc2c(c1)OCCO2)=C(\C(=O)O)c1ccc2nsnc2c1. The van der Waals surface area contributed by atoms with Crippen molar-refractivity contribution >= 4 is 40.1 Å². The third-order valence-electron chi connectivity index (χ3n) is 6.29. The van der Waals surface area contributed by atoms with Crippen molar-refractivity contribution in [1.82, 2.24) is 8.75 Å². The van der Waals surface area contributed by atoms with Gasteiger partial charge in [-0.05, 0) is 42.0 Å². The minimum atomic E-state index is -1.27. The number of carboxylic acids is 1. The second-order valence-electron chi connectivity index (χ2n) is 8.51. The van der Waals surface area contributed by atoms with Gasteiger partial charge in [-0.1, -0.05) is 6.07 Å². The van der Waals surface area contributed by atoms with E-state index in [4.69, 9.17) is 23.7 Å². The van der Waals surface area contributed by atoms with Gasteiger partial charge in [-0.2, -0.15) is 8.75 Å². The number of methoxy groups -OCH3 is 3. The molecule has 10 nitrogen and oxygen atoms in total. The highest BCUT2D eigenvalue weighted by Gasteiger charge is 2.27. The number of hydrogen-bond acceptors (Lipinski definition) is 10. The maximum absolute atomic E-state index is 14.1. The number of aliphatic carboxylic acids is 1. The molecule has 0 fully saturated rings. The summed E-state index contributed by atoms with van der Waals surface area (Å²) >= 11 is 1.02. The summed E-state index contributed by atoms with van der Waals surface area (Å²) in [6.45, 7) is 0.750. The van der Waals surface area contributed by atoms with Crippen LogP contribution in [0.25, 0.3) is 16.6 Å². The lowest BCUT2D eigenvalue weighted by molar-refractivity contribution is -0.130. The molecule has 2 heterocycles. The van der Waals surface area contributed by atoms with Crippen LogP contribution in [-0.2, 0) is 11.2 Å². The van der Waals surface area contributed by atoms with Crippen molar-refractivity contribution in [3.63, 3.8) is 0 Å². The Kier molecular flexibility index (Phi) is 7.33. The number of ketones is 1. The average molecular weight is 549 g/mol. The summed E-state index contributed by atoms with van der Waals surface area (Å²) in [7, 11) is 4.47. The number of ether oxygens (including phenoxy) is 5. The van der Waals surface area contributed by atoms with Crippen LogP contribution in [0.4, 0.5) is 0 Å². The van der Waals surface area contributed by atoms with E-state index < -0.39 is 11.8 Å². The van der Waals surface area contributed by atoms with Crippen LogP contribution in [-0.4, -0.2) is 60.1 Å². The number of fused-ring (bicyclic) bond motifs is 2. The Hall–Kier alpha value is -4.64. The molecule has 1 aliphatic rings. The van der Waals surface area contributed by atoms with Crippen molar-refractivity contribution in [3.05, 3.63) is 70.8 Å². The van der Waals surface area contributed by atoms with Crippen LogP contribution in [0.3, 0.4) is 0 Å². The first-order valence-corrected chi connectivity index (χ1v) is 12.6. The van der Waals surface area contributed by atoms with Crippen molar-refractivity contribution in [2.24, 2.45) is 0 Å². The first-order chi connectivity index (χ1) is 18.9. The number of aromatic nitrogens is 2. The normalized spacial score (nSPS) is 13.0. The van der Waals surface area contributed by atoms with Crippen LogP contribution in [0, 0.1) is 0 Å². The molecule has 200 valence electrons.